The van der Waals surface area contributed by atoms with Crippen LogP contribution in [0.15, 0.2) is 22.6 Å². The van der Waals surface area contributed by atoms with E-state index in [2.05, 4.69) is 24.1 Å². The van der Waals surface area contributed by atoms with E-state index in [9.17, 15) is 0 Å². The van der Waals surface area contributed by atoms with E-state index in [4.69, 9.17) is 10.2 Å². The van der Waals surface area contributed by atoms with E-state index in [0.29, 0.717) is 23.7 Å². The highest BCUT2D eigenvalue weighted by Crippen LogP contribution is 2.31. The second-order valence-electron chi connectivity index (χ2n) is 5.89. The van der Waals surface area contributed by atoms with Crippen molar-refractivity contribution < 1.29 is 4.42 Å². The Labute approximate surface area is 113 Å². The minimum absolute atomic E-state index is 0.460. The van der Waals surface area contributed by atoms with E-state index in [-0.39, 0.29) is 0 Å². The van der Waals surface area contributed by atoms with Crippen LogP contribution in [0.25, 0.3) is 11.1 Å². The number of fused-ring (bicyclic) bond motifs is 1. The molecule has 1 fully saturated rings. The maximum Gasteiger partial charge on any atom is 0.295 e. The molecule has 1 saturated carbocycles. The zero-order chi connectivity index (χ0) is 13.4. The van der Waals surface area contributed by atoms with Crippen molar-refractivity contribution in [3.63, 3.8) is 0 Å². The molecule has 2 aromatic rings. The Morgan fingerprint density at radius 1 is 1.32 bits per heavy atom. The van der Waals surface area contributed by atoms with Gasteiger partial charge in [-0.3, -0.25) is 0 Å². The second kappa shape index (κ2) is 4.76. The highest BCUT2D eigenvalue weighted by Gasteiger charge is 2.26. The summed E-state index contributed by atoms with van der Waals surface area (Å²) in [5.41, 5.74) is 8.05. The van der Waals surface area contributed by atoms with Crippen LogP contribution in [0.4, 0.5) is 11.7 Å². The van der Waals surface area contributed by atoms with Gasteiger partial charge >= 0.3 is 0 Å². The lowest BCUT2D eigenvalue weighted by Gasteiger charge is -2.32. The molecule has 3 N–H and O–H groups in total. The van der Waals surface area contributed by atoms with Gasteiger partial charge < -0.3 is 15.5 Å². The monoisotopic (exact) mass is 259 g/mol. The maximum atomic E-state index is 5.75. The SMILES string of the molecule is CC1CCC(Nc2nc3ccc(N)cc3o2)C(C)C1. The lowest BCUT2D eigenvalue weighted by atomic mass is 9.80. The van der Waals surface area contributed by atoms with Crippen molar-refractivity contribution in [2.24, 2.45) is 11.8 Å². The summed E-state index contributed by atoms with van der Waals surface area (Å²) in [5.74, 6) is 1.49. The predicted octanol–water partition coefficient (Wildman–Crippen LogP) is 3.65. The van der Waals surface area contributed by atoms with Gasteiger partial charge in [0.15, 0.2) is 5.58 Å². The minimum Gasteiger partial charge on any atom is -0.423 e. The molecule has 0 radical (unpaired) electrons. The largest absolute Gasteiger partial charge is 0.423 e. The number of benzene rings is 1. The molecule has 3 atom stereocenters. The number of nitrogen functional groups attached to an aromatic ring is 1. The van der Waals surface area contributed by atoms with Gasteiger partial charge in [-0.05, 0) is 43.2 Å². The molecule has 3 rings (SSSR count). The number of anilines is 2. The molecule has 1 aromatic carbocycles. The smallest absolute Gasteiger partial charge is 0.295 e. The average molecular weight is 259 g/mol. The van der Waals surface area contributed by atoms with Gasteiger partial charge in [-0.25, -0.2) is 0 Å². The van der Waals surface area contributed by atoms with Crippen LogP contribution in [-0.4, -0.2) is 11.0 Å². The normalized spacial score (nSPS) is 27.6. The van der Waals surface area contributed by atoms with Gasteiger partial charge in [0, 0.05) is 17.8 Å². The lowest BCUT2D eigenvalue weighted by Crippen LogP contribution is -2.33. The van der Waals surface area contributed by atoms with Gasteiger partial charge in [0.2, 0.25) is 0 Å². The first-order valence-electron chi connectivity index (χ1n) is 7.04. The Balaban J connectivity index is 1.77. The van der Waals surface area contributed by atoms with Crippen LogP contribution in [-0.2, 0) is 0 Å². The van der Waals surface area contributed by atoms with Gasteiger partial charge in [-0.2, -0.15) is 4.98 Å². The quantitative estimate of drug-likeness (QED) is 0.808. The molecule has 4 nitrogen and oxygen atoms in total. The van der Waals surface area contributed by atoms with Crippen LogP contribution in [0.1, 0.15) is 33.1 Å². The van der Waals surface area contributed by atoms with Crippen LogP contribution in [0.2, 0.25) is 0 Å². The van der Waals surface area contributed by atoms with E-state index in [0.717, 1.165) is 17.0 Å². The molecule has 1 aromatic heterocycles. The summed E-state index contributed by atoms with van der Waals surface area (Å²) in [4.78, 5) is 4.47. The number of rotatable bonds is 2. The Bertz CT molecular complexity index is 578. The first kappa shape index (κ1) is 12.3. The first-order valence-corrected chi connectivity index (χ1v) is 7.04. The molecule has 0 amide bonds. The summed E-state index contributed by atoms with van der Waals surface area (Å²) >= 11 is 0. The average Bonchev–Trinajstić information content (AvgIpc) is 2.74. The van der Waals surface area contributed by atoms with Crippen LogP contribution in [0, 0.1) is 11.8 Å². The summed E-state index contributed by atoms with van der Waals surface area (Å²) < 4.78 is 5.72. The number of hydrogen-bond acceptors (Lipinski definition) is 4. The highest BCUT2D eigenvalue weighted by atomic mass is 16.4. The summed E-state index contributed by atoms with van der Waals surface area (Å²) in [6, 6.07) is 6.64. The fourth-order valence-corrected chi connectivity index (χ4v) is 3.04. The number of aromatic nitrogens is 1. The summed E-state index contributed by atoms with van der Waals surface area (Å²) in [7, 11) is 0. The number of nitrogens with zero attached hydrogens (tertiary/aromatic N) is 1. The van der Waals surface area contributed by atoms with Crippen molar-refractivity contribution in [1.82, 2.24) is 4.98 Å². The summed E-state index contributed by atoms with van der Waals surface area (Å²) in [5, 5.41) is 3.44. The number of hydrogen-bond donors (Lipinski definition) is 2. The van der Waals surface area contributed by atoms with E-state index < -0.39 is 0 Å². The molecule has 0 aliphatic heterocycles. The number of nitrogens with two attached hydrogens (primary N) is 1. The summed E-state index contributed by atoms with van der Waals surface area (Å²) in [6.07, 6.45) is 3.73. The molecule has 19 heavy (non-hydrogen) atoms. The molecule has 1 aliphatic carbocycles. The van der Waals surface area contributed by atoms with Crippen LogP contribution < -0.4 is 11.1 Å². The van der Waals surface area contributed by atoms with Crippen molar-refractivity contribution in [3.05, 3.63) is 18.2 Å². The molecule has 4 heteroatoms. The molecule has 3 unspecified atom stereocenters. The van der Waals surface area contributed by atoms with Crippen molar-refractivity contribution in [2.45, 2.75) is 39.2 Å². The van der Waals surface area contributed by atoms with Crippen LogP contribution in [0.3, 0.4) is 0 Å². The standard InChI is InChI=1S/C15H21N3O/c1-9-3-5-12(10(2)7-9)17-15-18-13-6-4-11(16)8-14(13)19-15/h4,6,8-10,12H,3,5,7,16H2,1-2H3,(H,17,18). The fraction of sp³-hybridized carbons (Fsp3) is 0.533. The Hall–Kier alpha value is -1.71. The molecule has 0 spiro atoms. The van der Waals surface area contributed by atoms with Gasteiger partial charge in [-0.1, -0.05) is 13.8 Å². The molecule has 0 bridgehead atoms. The third-order valence-electron chi connectivity index (χ3n) is 4.15. The van der Waals surface area contributed by atoms with Gasteiger partial charge in [-0.15, -0.1) is 0 Å². The van der Waals surface area contributed by atoms with Crippen molar-refractivity contribution in [3.8, 4) is 0 Å². The van der Waals surface area contributed by atoms with Crippen molar-refractivity contribution >= 4 is 22.8 Å². The van der Waals surface area contributed by atoms with E-state index in [1.807, 2.05) is 18.2 Å². The minimum atomic E-state index is 0.460. The topological polar surface area (TPSA) is 64.1 Å². The molecular weight excluding hydrogens is 238 g/mol. The number of nitrogens with one attached hydrogen (secondary N) is 1. The van der Waals surface area contributed by atoms with Crippen LogP contribution in [0.5, 0.6) is 0 Å². The van der Waals surface area contributed by atoms with E-state index in [1.54, 1.807) is 0 Å². The van der Waals surface area contributed by atoms with Crippen molar-refractivity contribution in [1.29, 1.82) is 0 Å². The second-order valence-corrected chi connectivity index (χ2v) is 5.89. The Morgan fingerprint density at radius 3 is 2.95 bits per heavy atom. The zero-order valence-electron chi connectivity index (χ0n) is 11.5. The van der Waals surface area contributed by atoms with Gasteiger partial charge in [0.05, 0.1) is 0 Å². The molecular formula is C15H21N3O. The van der Waals surface area contributed by atoms with Crippen molar-refractivity contribution in [2.75, 3.05) is 11.1 Å². The summed E-state index contributed by atoms with van der Waals surface area (Å²) in [6.45, 7) is 4.63. The predicted molar refractivity (Wildman–Crippen MR) is 78.0 cm³/mol. The highest BCUT2D eigenvalue weighted by molar-refractivity contribution is 5.78. The fourth-order valence-electron chi connectivity index (χ4n) is 3.04. The van der Waals surface area contributed by atoms with Crippen LogP contribution >= 0.6 is 0 Å². The first-order chi connectivity index (χ1) is 9.11. The lowest BCUT2D eigenvalue weighted by molar-refractivity contribution is 0.273. The molecule has 0 saturated heterocycles. The molecule has 1 heterocycles. The number of oxazole rings is 1. The Morgan fingerprint density at radius 2 is 2.16 bits per heavy atom. The molecule has 1 aliphatic rings. The van der Waals surface area contributed by atoms with E-state index >= 15 is 0 Å². The van der Waals surface area contributed by atoms with Gasteiger partial charge in [0.25, 0.3) is 6.01 Å². The Kier molecular flexibility index (Phi) is 3.09. The maximum absolute atomic E-state index is 5.75. The van der Waals surface area contributed by atoms with Gasteiger partial charge in [0.1, 0.15) is 5.52 Å². The molecule has 102 valence electrons. The third-order valence-corrected chi connectivity index (χ3v) is 4.15. The van der Waals surface area contributed by atoms with E-state index in [1.165, 1.54) is 19.3 Å². The zero-order valence-corrected chi connectivity index (χ0v) is 11.5. The third kappa shape index (κ3) is 2.53.